The number of benzene rings is 2. The molecule has 34 heavy (non-hydrogen) atoms. The van der Waals surface area contributed by atoms with Crippen molar-refractivity contribution < 1.29 is 9.59 Å². The molecule has 0 N–H and O–H groups in total. The first kappa shape index (κ1) is 22.9. The number of nitrogens with zero attached hydrogens (tertiary/aromatic N) is 3. The Morgan fingerprint density at radius 2 is 1.82 bits per heavy atom. The molecule has 2 aliphatic rings. The van der Waals surface area contributed by atoms with Crippen LogP contribution in [-0.4, -0.2) is 38.7 Å². The van der Waals surface area contributed by atoms with E-state index < -0.39 is 0 Å². The number of carbonyl (C=O) groups excluding carboxylic acids is 2. The summed E-state index contributed by atoms with van der Waals surface area (Å²) < 4.78 is 2.59. The summed E-state index contributed by atoms with van der Waals surface area (Å²) in [5.74, 6) is 0.0441. The van der Waals surface area contributed by atoms with Crippen LogP contribution in [0.1, 0.15) is 37.3 Å². The van der Waals surface area contributed by atoms with Crippen LogP contribution >= 0.6 is 24.0 Å². The van der Waals surface area contributed by atoms with Gasteiger partial charge in [0.1, 0.15) is 6.54 Å². The molecule has 2 saturated heterocycles. The van der Waals surface area contributed by atoms with Gasteiger partial charge in [0.05, 0.1) is 16.1 Å². The van der Waals surface area contributed by atoms with E-state index >= 15 is 0 Å². The van der Waals surface area contributed by atoms with Crippen LogP contribution in [-0.2, 0) is 22.6 Å². The van der Waals surface area contributed by atoms with E-state index in [1.54, 1.807) is 4.90 Å². The number of thioether (sulfide) groups is 1. The number of piperidine rings is 1. The van der Waals surface area contributed by atoms with Gasteiger partial charge in [-0.2, -0.15) is 0 Å². The molecule has 2 aliphatic heterocycles. The summed E-state index contributed by atoms with van der Waals surface area (Å²) in [4.78, 5) is 30.5. The number of rotatable bonds is 5. The normalized spacial score (nSPS) is 17.9. The molecule has 0 unspecified atom stereocenters. The fraction of sp³-hybridized carbons (Fsp3) is 0.296. The van der Waals surface area contributed by atoms with E-state index in [-0.39, 0.29) is 11.8 Å². The van der Waals surface area contributed by atoms with Gasteiger partial charge in [-0.1, -0.05) is 67.3 Å². The molecule has 1 aromatic heterocycles. The minimum Gasteiger partial charge on any atom is -0.341 e. The number of hydrogen-bond donors (Lipinski definition) is 0. The van der Waals surface area contributed by atoms with E-state index in [0.717, 1.165) is 54.5 Å². The first-order chi connectivity index (χ1) is 16.6. The number of hydrogen-bond acceptors (Lipinski definition) is 4. The van der Waals surface area contributed by atoms with Crippen molar-refractivity contribution in [3.05, 3.63) is 70.8 Å². The maximum atomic E-state index is 13.3. The summed E-state index contributed by atoms with van der Waals surface area (Å²) >= 11 is 6.86. The summed E-state index contributed by atoms with van der Waals surface area (Å²) in [5, 5.41) is 1.05. The van der Waals surface area contributed by atoms with Gasteiger partial charge in [0, 0.05) is 30.2 Å². The Hall–Kier alpha value is -2.90. The van der Waals surface area contributed by atoms with Crippen molar-refractivity contribution in [3.8, 4) is 0 Å². The maximum absolute atomic E-state index is 13.3. The number of thiocarbonyl (C=S) groups is 1. The van der Waals surface area contributed by atoms with Crippen LogP contribution in [0.25, 0.3) is 17.0 Å². The fourth-order valence-corrected chi connectivity index (χ4v) is 6.08. The van der Waals surface area contributed by atoms with Gasteiger partial charge >= 0.3 is 0 Å². The van der Waals surface area contributed by atoms with Crippen LogP contribution in [0.4, 0.5) is 5.69 Å². The Kier molecular flexibility index (Phi) is 6.57. The first-order valence-electron chi connectivity index (χ1n) is 11.8. The Balaban J connectivity index is 1.51. The summed E-state index contributed by atoms with van der Waals surface area (Å²) in [6.45, 7) is 4.12. The summed E-state index contributed by atoms with van der Waals surface area (Å²) in [5.41, 5.74) is 3.97. The third-order valence-electron chi connectivity index (χ3n) is 6.50. The van der Waals surface area contributed by atoms with E-state index in [1.165, 1.54) is 23.7 Å². The van der Waals surface area contributed by atoms with Gasteiger partial charge in [0.15, 0.2) is 4.32 Å². The average Bonchev–Trinajstić information content (AvgIpc) is 3.36. The second-order valence-electron chi connectivity index (χ2n) is 8.67. The second-order valence-corrected chi connectivity index (χ2v) is 10.3. The molecule has 0 atom stereocenters. The number of aryl methyl sites for hydroxylation is 1. The summed E-state index contributed by atoms with van der Waals surface area (Å²) in [6, 6.07) is 15.7. The largest absolute Gasteiger partial charge is 0.341 e. The van der Waals surface area contributed by atoms with Crippen molar-refractivity contribution >= 4 is 62.8 Å². The monoisotopic (exact) mass is 489 g/mol. The molecule has 3 heterocycles. The lowest BCUT2D eigenvalue weighted by atomic mass is 10.1. The highest BCUT2D eigenvalue weighted by Gasteiger charge is 2.33. The van der Waals surface area contributed by atoms with Crippen molar-refractivity contribution in [1.29, 1.82) is 0 Å². The predicted molar refractivity (Wildman–Crippen MR) is 144 cm³/mol. The topological polar surface area (TPSA) is 45.6 Å². The third-order valence-corrected chi connectivity index (χ3v) is 7.80. The zero-order chi connectivity index (χ0) is 23.7. The minimum atomic E-state index is -0.113. The van der Waals surface area contributed by atoms with Gasteiger partial charge in [0.25, 0.3) is 5.91 Å². The SMILES string of the molecule is CCc1cccc2c(/C=C3\SC(=S)N(c4ccccc4)C3=O)cn(CC(=O)N3CCCCC3)c12. The number of aromatic nitrogens is 1. The first-order valence-corrected chi connectivity index (χ1v) is 13.0. The van der Waals surface area contributed by atoms with Crippen LogP contribution in [0.3, 0.4) is 0 Å². The Morgan fingerprint density at radius 3 is 2.56 bits per heavy atom. The number of carbonyl (C=O) groups is 2. The van der Waals surface area contributed by atoms with Crippen LogP contribution in [0.15, 0.2) is 59.6 Å². The van der Waals surface area contributed by atoms with E-state index in [2.05, 4.69) is 23.6 Å². The average molecular weight is 490 g/mol. The van der Waals surface area contributed by atoms with Gasteiger partial charge in [-0.3, -0.25) is 14.5 Å². The Labute approximate surface area is 209 Å². The third kappa shape index (κ3) is 4.30. The van der Waals surface area contributed by atoms with Crippen molar-refractivity contribution in [2.45, 2.75) is 39.2 Å². The molecule has 7 heteroatoms. The van der Waals surface area contributed by atoms with Crippen LogP contribution in [0.2, 0.25) is 0 Å². The zero-order valence-electron chi connectivity index (χ0n) is 19.2. The lowest BCUT2D eigenvalue weighted by molar-refractivity contribution is -0.132. The molecule has 0 bridgehead atoms. The number of para-hydroxylation sites is 2. The molecule has 2 fully saturated rings. The quantitative estimate of drug-likeness (QED) is 0.345. The zero-order valence-corrected chi connectivity index (χ0v) is 20.8. The number of likely N-dealkylation sites (tertiary alicyclic amines) is 1. The molecule has 2 amide bonds. The van der Waals surface area contributed by atoms with Crippen molar-refractivity contribution in [1.82, 2.24) is 9.47 Å². The van der Waals surface area contributed by atoms with Gasteiger partial charge in [-0.05, 0) is 49.5 Å². The molecular weight excluding hydrogens is 462 g/mol. The number of fused-ring (bicyclic) bond motifs is 1. The lowest BCUT2D eigenvalue weighted by Crippen LogP contribution is -2.37. The lowest BCUT2D eigenvalue weighted by Gasteiger charge is -2.27. The standard InChI is InChI=1S/C27H27N3O2S2/c1-2-19-10-9-13-22-20(17-29(25(19)22)18-24(31)28-14-7-4-8-15-28)16-23-26(32)30(27(33)34-23)21-11-5-3-6-12-21/h3,5-6,9-13,16-17H,2,4,7-8,14-15,18H2,1H3/b23-16-. The Morgan fingerprint density at radius 1 is 1.06 bits per heavy atom. The maximum Gasteiger partial charge on any atom is 0.270 e. The molecule has 0 saturated carbocycles. The van der Waals surface area contributed by atoms with Crippen LogP contribution in [0.5, 0.6) is 0 Å². The van der Waals surface area contributed by atoms with Gasteiger partial charge in [-0.25, -0.2) is 0 Å². The fourth-order valence-electron chi connectivity index (χ4n) is 4.79. The summed E-state index contributed by atoms with van der Waals surface area (Å²) in [7, 11) is 0. The van der Waals surface area contributed by atoms with E-state index in [9.17, 15) is 9.59 Å². The highest BCUT2D eigenvalue weighted by atomic mass is 32.2. The second kappa shape index (κ2) is 9.76. The molecular formula is C27H27N3O2S2. The van der Waals surface area contributed by atoms with E-state index in [4.69, 9.17) is 12.2 Å². The van der Waals surface area contributed by atoms with Crippen LogP contribution < -0.4 is 4.90 Å². The van der Waals surface area contributed by atoms with Gasteiger partial charge in [-0.15, -0.1) is 0 Å². The molecule has 0 aliphatic carbocycles. The van der Waals surface area contributed by atoms with Crippen molar-refractivity contribution in [2.75, 3.05) is 18.0 Å². The molecule has 5 nitrogen and oxygen atoms in total. The molecule has 0 spiro atoms. The van der Waals surface area contributed by atoms with Gasteiger partial charge < -0.3 is 9.47 Å². The smallest absolute Gasteiger partial charge is 0.270 e. The molecule has 2 aromatic carbocycles. The van der Waals surface area contributed by atoms with Crippen LogP contribution in [0, 0.1) is 0 Å². The molecule has 0 radical (unpaired) electrons. The highest BCUT2D eigenvalue weighted by Crippen LogP contribution is 2.37. The van der Waals surface area contributed by atoms with E-state index in [0.29, 0.717) is 15.8 Å². The summed E-state index contributed by atoms with van der Waals surface area (Å²) in [6.07, 6.45) is 8.16. The molecule has 174 valence electrons. The van der Waals surface area contributed by atoms with Crippen molar-refractivity contribution in [2.24, 2.45) is 0 Å². The number of anilines is 1. The van der Waals surface area contributed by atoms with Gasteiger partial charge in [0.2, 0.25) is 5.91 Å². The Bertz CT molecular complexity index is 1290. The molecule has 5 rings (SSSR count). The highest BCUT2D eigenvalue weighted by molar-refractivity contribution is 8.27. The minimum absolute atomic E-state index is 0.113. The molecule has 3 aromatic rings. The van der Waals surface area contributed by atoms with E-state index in [1.807, 2.05) is 53.6 Å². The number of amides is 2. The van der Waals surface area contributed by atoms with Crippen molar-refractivity contribution in [3.63, 3.8) is 0 Å². The predicted octanol–water partition coefficient (Wildman–Crippen LogP) is 5.62.